The third kappa shape index (κ3) is 16.6. The van der Waals surface area contributed by atoms with Crippen LogP contribution in [0.3, 0.4) is 0 Å². The third-order valence-corrected chi connectivity index (χ3v) is 16.1. The van der Waals surface area contributed by atoms with Gasteiger partial charge in [-0.3, -0.25) is 19.2 Å². The summed E-state index contributed by atoms with van der Waals surface area (Å²) in [5, 5.41) is 216. The van der Waals surface area contributed by atoms with Crippen LogP contribution in [0.2, 0.25) is 0 Å². The van der Waals surface area contributed by atoms with Gasteiger partial charge >= 0.3 is 17.9 Å². The number of rotatable bonds is 23. The predicted octanol–water partition coefficient (Wildman–Crippen LogP) is -15.4. The number of ether oxygens (including phenoxy) is 13. The number of aliphatic hydroxyl groups is 16. The lowest BCUT2D eigenvalue weighted by Gasteiger charge is -2.50. The van der Waals surface area contributed by atoms with Crippen LogP contribution in [-0.4, -0.2) is 380 Å². The highest BCUT2D eigenvalue weighted by Crippen LogP contribution is 2.38. The summed E-state index contributed by atoms with van der Waals surface area (Å²) in [4.78, 5) is 88.5. The Morgan fingerprint density at radius 3 is 0.828 bits per heavy atom. The molecule has 4 amide bonds. The molecule has 0 aromatic heterocycles. The largest absolute Gasteiger partial charge is 0.479 e. The van der Waals surface area contributed by atoms with Gasteiger partial charge in [-0.25, -0.2) is 14.4 Å². The summed E-state index contributed by atoms with van der Waals surface area (Å²) in [6, 6.07) is -7.50. The van der Waals surface area contributed by atoms with E-state index in [0.717, 1.165) is 27.7 Å². The van der Waals surface area contributed by atoms with E-state index in [2.05, 4.69) is 21.3 Å². The monoisotopic (exact) mass is 1360 g/mol. The Morgan fingerprint density at radius 1 is 0.290 bits per heavy atom. The highest BCUT2D eigenvalue weighted by atomic mass is 16.8. The summed E-state index contributed by atoms with van der Waals surface area (Å²) in [6.07, 6.45) is -68.6. The van der Waals surface area contributed by atoms with Gasteiger partial charge in [-0.1, -0.05) is 0 Å². The summed E-state index contributed by atoms with van der Waals surface area (Å²) in [5.41, 5.74) is 0. The highest BCUT2D eigenvalue weighted by Gasteiger charge is 2.61. The van der Waals surface area contributed by atoms with Crippen molar-refractivity contribution in [1.82, 2.24) is 21.3 Å². The third-order valence-electron chi connectivity index (χ3n) is 16.1. The summed E-state index contributed by atoms with van der Waals surface area (Å²) in [7, 11) is 0. The van der Waals surface area contributed by atoms with E-state index < -0.39 is 283 Å². The number of amides is 4. The number of carbonyl (C=O) groups excluding carboxylic acids is 4. The van der Waals surface area contributed by atoms with E-state index in [0.29, 0.717) is 0 Å². The average Bonchev–Trinajstić information content (AvgIpc) is 0.786. The van der Waals surface area contributed by atoms with E-state index in [1.165, 1.54) is 0 Å². The van der Waals surface area contributed by atoms with Gasteiger partial charge in [0.2, 0.25) is 23.6 Å². The second kappa shape index (κ2) is 32.0. The van der Waals surface area contributed by atoms with E-state index in [1.54, 1.807) is 0 Å². The lowest BCUT2D eigenvalue weighted by molar-refractivity contribution is -0.379. The van der Waals surface area contributed by atoms with Crippen LogP contribution in [0.1, 0.15) is 27.7 Å². The molecule has 43 nitrogen and oxygen atoms in total. The molecule has 0 spiro atoms. The van der Waals surface area contributed by atoms with Crippen molar-refractivity contribution in [2.45, 2.75) is 242 Å². The zero-order valence-electron chi connectivity index (χ0n) is 49.2. The summed E-state index contributed by atoms with van der Waals surface area (Å²) >= 11 is 0. The lowest BCUT2D eigenvalue weighted by Crippen LogP contribution is -2.71. The summed E-state index contributed by atoms with van der Waals surface area (Å²) in [6.45, 7) is -0.590. The van der Waals surface area contributed by atoms with Gasteiger partial charge in [0, 0.05) is 27.7 Å². The van der Waals surface area contributed by atoms with E-state index in [1.807, 2.05) is 0 Å². The topological polar surface area (TPSA) is 672 Å². The fraction of sp³-hybridized carbons (Fsp3) is 0.860. The van der Waals surface area contributed by atoms with E-state index in [-0.39, 0.29) is 0 Å². The van der Waals surface area contributed by atoms with E-state index in [4.69, 9.17) is 61.6 Å². The minimum absolute atomic E-state index is 0.821. The fourth-order valence-electron chi connectivity index (χ4n) is 11.5. The van der Waals surface area contributed by atoms with Gasteiger partial charge < -0.3 is 180 Å². The molecule has 0 saturated carbocycles. The minimum Gasteiger partial charge on any atom is -0.479 e. The van der Waals surface area contributed by atoms with Gasteiger partial charge in [-0.15, -0.1) is 0 Å². The molecule has 43 heteroatoms. The van der Waals surface area contributed by atoms with Crippen molar-refractivity contribution in [3.8, 4) is 0 Å². The Hall–Kier alpha value is -4.87. The highest BCUT2D eigenvalue weighted by molar-refractivity contribution is 5.76. The van der Waals surface area contributed by atoms with Crippen molar-refractivity contribution in [2.24, 2.45) is 0 Å². The number of carbonyl (C=O) groups is 7. The molecule has 93 heavy (non-hydrogen) atoms. The van der Waals surface area contributed by atoms with Crippen molar-refractivity contribution in [1.29, 1.82) is 0 Å². The maximum absolute atomic E-state index is 13.1. The fourth-order valence-corrected chi connectivity index (χ4v) is 11.5. The molecule has 35 atom stereocenters. The Morgan fingerprint density at radius 2 is 0.538 bits per heavy atom. The zero-order valence-corrected chi connectivity index (χ0v) is 49.2. The Kier molecular flexibility index (Phi) is 26.0. The molecule has 23 N–H and O–H groups in total. The molecule has 7 rings (SSSR count). The summed E-state index contributed by atoms with van der Waals surface area (Å²) in [5.74, 6) is -9.72. The first-order valence-corrected chi connectivity index (χ1v) is 28.6. The first-order valence-electron chi connectivity index (χ1n) is 28.6. The lowest BCUT2D eigenvalue weighted by atomic mass is 9.93. The van der Waals surface area contributed by atoms with Gasteiger partial charge in [0.05, 0.1) is 26.4 Å². The quantitative estimate of drug-likeness (QED) is 0.0452. The number of hydrogen-bond donors (Lipinski definition) is 23. The molecule has 7 heterocycles. The average molecular weight is 1360 g/mol. The molecular formula is C50H78N4O39. The van der Waals surface area contributed by atoms with Crippen molar-refractivity contribution >= 4 is 41.5 Å². The number of carboxylic acids is 3. The predicted molar refractivity (Wildman–Crippen MR) is 280 cm³/mol. The van der Waals surface area contributed by atoms with Crippen LogP contribution in [0.4, 0.5) is 0 Å². The number of hydrogen-bond acceptors (Lipinski definition) is 36. The van der Waals surface area contributed by atoms with Crippen molar-refractivity contribution in [3.63, 3.8) is 0 Å². The molecule has 7 fully saturated rings. The molecule has 532 valence electrons. The second-order valence-corrected chi connectivity index (χ2v) is 22.6. The van der Waals surface area contributed by atoms with E-state index in [9.17, 15) is 131 Å². The van der Waals surface area contributed by atoms with Crippen LogP contribution in [0, 0.1) is 0 Å². The van der Waals surface area contributed by atoms with Crippen LogP contribution in [0.25, 0.3) is 0 Å². The molecule has 0 aromatic rings. The SMILES string of the molecule is CC(=O)N[C@H]1[C@H](O[C@H]2[C@H](O)[C@@H](O)[C@H](O[C@H]3[C@H](O)[C@@H](CO)O[C@@H](O[C@H]4[C@H](O)[C@@H](O)[C@H](O[C@H]5[C@H](O)[C@@H](CO)O[C@@H](O[C@H]6[C@H](O)[C@@H](O)[C@H](O[C@H]7[C@H](O)[C@@H](CO)OC(O)[C@@H]7NC(C)=O)O[C@@H]6C(=O)O)[C@@H]5NC(C)=O)O[C@@H]4C(=O)O)[C@@H]3NC(C)=O)O[C@@H]2C(=O)O)O[C@H](CO)[C@@H](O)[C@@H]1O. The molecule has 7 aliphatic rings. The van der Waals surface area contributed by atoms with Crippen LogP contribution in [0.5, 0.6) is 0 Å². The van der Waals surface area contributed by atoms with Crippen molar-refractivity contribution in [3.05, 3.63) is 0 Å². The number of aliphatic hydroxyl groups excluding tert-OH is 16. The maximum atomic E-state index is 13.1. The number of carboxylic acid groups (broad SMARTS) is 3. The van der Waals surface area contributed by atoms with Crippen LogP contribution in [-0.2, 0) is 95.1 Å². The van der Waals surface area contributed by atoms with Crippen LogP contribution >= 0.6 is 0 Å². The normalized spacial score (nSPS) is 46.3. The van der Waals surface area contributed by atoms with Gasteiger partial charge in [0.15, 0.2) is 62.3 Å². The maximum Gasteiger partial charge on any atom is 0.335 e. The smallest absolute Gasteiger partial charge is 0.335 e. The van der Waals surface area contributed by atoms with Gasteiger partial charge in [0.25, 0.3) is 0 Å². The Balaban J connectivity index is 1.11. The Bertz CT molecular complexity index is 2570. The van der Waals surface area contributed by atoms with Crippen LogP contribution in [0.15, 0.2) is 0 Å². The van der Waals surface area contributed by atoms with Crippen LogP contribution < -0.4 is 21.3 Å². The second-order valence-electron chi connectivity index (χ2n) is 22.6. The summed E-state index contributed by atoms with van der Waals surface area (Å²) < 4.78 is 73.2. The molecule has 0 aliphatic carbocycles. The van der Waals surface area contributed by atoms with Crippen molar-refractivity contribution < 1.29 is 192 Å². The molecule has 7 aliphatic heterocycles. The standard InChI is InChI=1S/C50H78N4O39/c1-9(59)51-17-25(67)21(63)13(5-55)82-45(17)88-35-26(68)30(72)49(92-38(35)41(74)75)86-33-19(53-11(3)61)47(84-15(7-57)23(33)65)90-37-28(70)31(73)50(93-40(37)43(78)79)87-34-20(54-12(4)62)46(83-16(8-58)24(34)66)89-36-27(69)29(71)48(91-39(36)42(76)77)85-32-18(52-10(2)60)44(80)81-14(6-56)22(32)64/h13-40,44-50,55-58,63-73,80H,5-8H2,1-4H3,(H,51,59)(H,52,60)(H,53,61)(H,54,62)(H,74,75)(H,76,77)(H,78,79)/t13-,14-,15-,16-,17-,18-,19-,20-,21-,22-,23-,24-,25-,26-,27-,28-,29-,30-,31-,32-,33-,34-,35+,36+,37+,38+,39+,40+,44?,45+,46+,47+,48-,49-,50-/m1/s1. The first-order chi connectivity index (χ1) is 43.7. The van der Waals surface area contributed by atoms with E-state index >= 15 is 0 Å². The van der Waals surface area contributed by atoms with Gasteiger partial charge in [-0.05, 0) is 0 Å². The molecule has 0 aromatic carbocycles. The van der Waals surface area contributed by atoms with Crippen molar-refractivity contribution in [2.75, 3.05) is 26.4 Å². The zero-order chi connectivity index (χ0) is 69.1. The number of aliphatic carboxylic acids is 3. The van der Waals surface area contributed by atoms with Gasteiger partial charge in [0.1, 0.15) is 152 Å². The van der Waals surface area contributed by atoms with Gasteiger partial charge in [-0.2, -0.15) is 0 Å². The molecule has 0 radical (unpaired) electrons. The first kappa shape index (κ1) is 75.5. The molecule has 1 unspecified atom stereocenters. The minimum atomic E-state index is -2.60. The Labute approximate surface area is 522 Å². The molecular weight excluding hydrogens is 1280 g/mol. The molecule has 7 saturated heterocycles. The molecule has 0 bridgehead atoms. The number of nitrogens with one attached hydrogen (secondary N) is 4.